The predicted molar refractivity (Wildman–Crippen MR) is 157 cm³/mol. The average molecular weight is 605 g/mol. The van der Waals surface area contributed by atoms with Gasteiger partial charge in [-0.3, -0.25) is 14.2 Å². The lowest BCUT2D eigenvalue weighted by Crippen LogP contribution is -2.40. The Balaban J connectivity index is 1.66. The number of hydrogen-bond donors (Lipinski definition) is 2. The summed E-state index contributed by atoms with van der Waals surface area (Å²) in [7, 11) is 1.59. The van der Waals surface area contributed by atoms with Crippen molar-refractivity contribution in [2.45, 2.75) is 26.8 Å². The van der Waals surface area contributed by atoms with Crippen LogP contribution in [0.4, 0.5) is 5.69 Å². The fourth-order valence-corrected chi connectivity index (χ4v) is 6.06. The highest BCUT2D eigenvalue weighted by atomic mass is 79.9. The van der Waals surface area contributed by atoms with Gasteiger partial charge in [-0.05, 0) is 89.8 Å². The average Bonchev–Trinajstić information content (AvgIpc) is 3.21. The standard InChI is InChI=1S/C30H26BrN3O4S/c1-16-5-11-23(17(2)13-16)33-28(36)26-18(3)32-30-34(27(26)20-7-9-21(38-4)10-8-20)29(37)25(39-30)15-19-6-12-24(35)22(31)14-19/h5-15,27,35H,1-4H3,(H,33,36)/b25-15+/t27-/m1/s1. The number of aromatic nitrogens is 1. The fourth-order valence-electron chi connectivity index (χ4n) is 4.62. The van der Waals surface area contributed by atoms with Gasteiger partial charge in [0.05, 0.1) is 33.4 Å². The third kappa shape index (κ3) is 5.20. The largest absolute Gasteiger partial charge is 0.507 e. The number of allylic oxidation sites excluding steroid dienone is 1. The number of aromatic hydroxyl groups is 1. The van der Waals surface area contributed by atoms with Crippen molar-refractivity contribution in [3.05, 3.63) is 118 Å². The SMILES string of the molecule is COc1ccc([C@@H]2C(C(=O)Nc3ccc(C)cc3C)=C(C)N=c3s/c(=C/c4ccc(O)c(Br)c4)c(=O)n32)cc1. The van der Waals surface area contributed by atoms with E-state index in [4.69, 9.17) is 9.73 Å². The first-order chi connectivity index (χ1) is 18.7. The summed E-state index contributed by atoms with van der Waals surface area (Å²) in [6, 6.07) is 17.5. The number of carbonyl (C=O) groups is 1. The fraction of sp³-hybridized carbons (Fsp3) is 0.167. The molecule has 0 bridgehead atoms. The Kier molecular flexibility index (Phi) is 7.29. The van der Waals surface area contributed by atoms with Crippen LogP contribution in [-0.4, -0.2) is 22.7 Å². The van der Waals surface area contributed by atoms with Crippen LogP contribution in [-0.2, 0) is 4.79 Å². The van der Waals surface area contributed by atoms with Gasteiger partial charge >= 0.3 is 0 Å². The summed E-state index contributed by atoms with van der Waals surface area (Å²) >= 11 is 4.58. The van der Waals surface area contributed by atoms with Crippen molar-refractivity contribution < 1.29 is 14.6 Å². The van der Waals surface area contributed by atoms with Crippen LogP contribution in [0.15, 0.2) is 86.2 Å². The summed E-state index contributed by atoms with van der Waals surface area (Å²) in [6.07, 6.45) is 1.76. The summed E-state index contributed by atoms with van der Waals surface area (Å²) in [5.41, 5.74) is 4.93. The van der Waals surface area contributed by atoms with Gasteiger partial charge in [0, 0.05) is 5.69 Å². The maximum Gasteiger partial charge on any atom is 0.271 e. The zero-order valence-corrected chi connectivity index (χ0v) is 24.2. The number of methoxy groups -OCH3 is 1. The molecule has 3 aromatic carbocycles. The summed E-state index contributed by atoms with van der Waals surface area (Å²) in [5.74, 6) is 0.468. The quantitative estimate of drug-likeness (QED) is 0.337. The zero-order chi connectivity index (χ0) is 27.8. The summed E-state index contributed by atoms with van der Waals surface area (Å²) in [6.45, 7) is 5.74. The molecule has 1 aliphatic rings. The molecule has 0 radical (unpaired) electrons. The first-order valence-corrected chi connectivity index (χ1v) is 13.8. The number of hydrogen-bond acceptors (Lipinski definition) is 6. The van der Waals surface area contributed by atoms with Crippen molar-refractivity contribution in [2.24, 2.45) is 4.99 Å². The van der Waals surface area contributed by atoms with Crippen LogP contribution in [0.3, 0.4) is 0 Å². The highest BCUT2D eigenvalue weighted by Gasteiger charge is 2.32. The van der Waals surface area contributed by atoms with Gasteiger partial charge in [-0.1, -0.05) is 47.2 Å². The normalized spacial score (nSPS) is 15.1. The number of phenolic OH excluding ortho intramolecular Hbond substituents is 1. The molecule has 9 heteroatoms. The maximum absolute atomic E-state index is 13.8. The molecule has 1 amide bonds. The number of rotatable bonds is 5. The number of ether oxygens (including phenoxy) is 1. The maximum atomic E-state index is 13.8. The molecule has 0 saturated heterocycles. The van der Waals surface area contributed by atoms with E-state index in [0.717, 1.165) is 22.3 Å². The van der Waals surface area contributed by atoms with Gasteiger partial charge in [0.2, 0.25) is 0 Å². The number of amides is 1. The molecule has 0 unspecified atom stereocenters. The van der Waals surface area contributed by atoms with Crippen LogP contribution in [0.25, 0.3) is 6.08 Å². The van der Waals surface area contributed by atoms with Gasteiger partial charge in [-0.25, -0.2) is 4.99 Å². The Labute approximate surface area is 237 Å². The minimum atomic E-state index is -0.688. The molecule has 1 aliphatic heterocycles. The van der Waals surface area contributed by atoms with Gasteiger partial charge in [-0.15, -0.1) is 0 Å². The summed E-state index contributed by atoms with van der Waals surface area (Å²) in [5, 5.41) is 12.9. The van der Waals surface area contributed by atoms with E-state index < -0.39 is 6.04 Å². The Morgan fingerprint density at radius 3 is 2.51 bits per heavy atom. The lowest BCUT2D eigenvalue weighted by Gasteiger charge is -2.25. The first kappa shape index (κ1) is 26.6. The molecular weight excluding hydrogens is 578 g/mol. The van der Waals surface area contributed by atoms with Crippen molar-refractivity contribution in [2.75, 3.05) is 12.4 Å². The van der Waals surface area contributed by atoms with Crippen LogP contribution in [0.1, 0.15) is 35.2 Å². The van der Waals surface area contributed by atoms with Gasteiger partial charge in [0.1, 0.15) is 11.5 Å². The van der Waals surface area contributed by atoms with Gasteiger partial charge in [-0.2, -0.15) is 0 Å². The molecule has 1 atom stereocenters. The molecule has 2 N–H and O–H groups in total. The van der Waals surface area contributed by atoms with Gasteiger partial charge < -0.3 is 15.2 Å². The second kappa shape index (κ2) is 10.7. The first-order valence-electron chi connectivity index (χ1n) is 12.2. The van der Waals surface area contributed by atoms with Crippen molar-refractivity contribution >= 4 is 44.9 Å². The van der Waals surface area contributed by atoms with E-state index in [2.05, 4.69) is 21.2 Å². The van der Waals surface area contributed by atoms with Crippen molar-refractivity contribution in [3.63, 3.8) is 0 Å². The highest BCUT2D eigenvalue weighted by molar-refractivity contribution is 9.10. The van der Waals surface area contributed by atoms with Crippen molar-refractivity contribution in [1.82, 2.24) is 4.57 Å². The lowest BCUT2D eigenvalue weighted by molar-refractivity contribution is -0.113. The van der Waals surface area contributed by atoms with Gasteiger partial charge in [0.15, 0.2) is 4.80 Å². The van der Waals surface area contributed by atoms with Crippen LogP contribution in [0.2, 0.25) is 0 Å². The Morgan fingerprint density at radius 2 is 1.85 bits per heavy atom. The van der Waals surface area contributed by atoms with Crippen LogP contribution in [0, 0.1) is 13.8 Å². The molecule has 0 spiro atoms. The van der Waals surface area contributed by atoms with Crippen LogP contribution < -0.4 is 24.9 Å². The number of anilines is 1. The second-order valence-electron chi connectivity index (χ2n) is 9.34. The number of halogens is 1. The molecule has 198 valence electrons. The second-order valence-corrected chi connectivity index (χ2v) is 11.2. The number of nitrogens with zero attached hydrogens (tertiary/aromatic N) is 2. The number of carbonyl (C=O) groups excluding carboxylic acids is 1. The van der Waals surface area contributed by atoms with E-state index in [-0.39, 0.29) is 17.2 Å². The molecule has 5 rings (SSSR count). The Morgan fingerprint density at radius 1 is 1.10 bits per heavy atom. The lowest BCUT2D eigenvalue weighted by atomic mass is 9.95. The third-order valence-corrected chi connectivity index (χ3v) is 8.22. The van der Waals surface area contributed by atoms with E-state index in [9.17, 15) is 14.7 Å². The monoisotopic (exact) mass is 603 g/mol. The number of phenols is 1. The molecule has 0 fully saturated rings. The van der Waals surface area contributed by atoms with E-state index >= 15 is 0 Å². The molecule has 0 aliphatic carbocycles. The molecule has 7 nitrogen and oxygen atoms in total. The number of benzene rings is 3. The van der Waals surface area contributed by atoms with E-state index in [1.807, 2.05) is 56.3 Å². The topological polar surface area (TPSA) is 92.9 Å². The number of aryl methyl sites for hydroxylation is 2. The highest BCUT2D eigenvalue weighted by Crippen LogP contribution is 2.32. The van der Waals surface area contributed by atoms with Crippen molar-refractivity contribution in [1.29, 1.82) is 0 Å². The molecule has 0 saturated carbocycles. The zero-order valence-electron chi connectivity index (χ0n) is 21.8. The van der Waals surface area contributed by atoms with Crippen molar-refractivity contribution in [3.8, 4) is 11.5 Å². The number of fused-ring (bicyclic) bond motifs is 1. The number of thiazole rings is 1. The Hall–Kier alpha value is -3.95. The van der Waals surface area contributed by atoms with Crippen LogP contribution >= 0.6 is 27.3 Å². The molecule has 1 aromatic heterocycles. The molecule has 4 aromatic rings. The van der Waals surface area contributed by atoms with Gasteiger partial charge in [0.25, 0.3) is 11.5 Å². The smallest absolute Gasteiger partial charge is 0.271 e. The summed E-state index contributed by atoms with van der Waals surface area (Å²) in [4.78, 5) is 32.9. The third-order valence-electron chi connectivity index (χ3n) is 6.60. The van der Waals surface area contributed by atoms with E-state index in [0.29, 0.717) is 36.5 Å². The number of nitrogens with one attached hydrogen (secondary N) is 1. The molecule has 39 heavy (non-hydrogen) atoms. The minimum Gasteiger partial charge on any atom is -0.507 e. The minimum absolute atomic E-state index is 0.114. The molecular formula is C30H26BrN3O4S. The molecule has 2 heterocycles. The summed E-state index contributed by atoms with van der Waals surface area (Å²) < 4.78 is 7.91. The van der Waals surface area contributed by atoms with E-state index in [1.165, 1.54) is 11.3 Å². The Bertz CT molecular complexity index is 1820. The predicted octanol–water partition coefficient (Wildman–Crippen LogP) is 4.97. The van der Waals surface area contributed by atoms with Crippen LogP contribution in [0.5, 0.6) is 11.5 Å². The van der Waals surface area contributed by atoms with E-state index in [1.54, 1.807) is 42.9 Å².